The Morgan fingerprint density at radius 3 is 2.59 bits per heavy atom. The van der Waals surface area contributed by atoms with Crippen molar-refractivity contribution in [3.05, 3.63) is 53.6 Å². The lowest BCUT2D eigenvalue weighted by atomic mass is 9.97. The van der Waals surface area contributed by atoms with Crippen LogP contribution in [0.3, 0.4) is 0 Å². The molecule has 1 nitrogen and oxygen atoms in total. The molecule has 3 aromatic rings. The third kappa shape index (κ3) is 1.09. The van der Waals surface area contributed by atoms with Gasteiger partial charge in [0.1, 0.15) is 5.75 Å². The summed E-state index contributed by atoms with van der Waals surface area (Å²) in [4.78, 5) is 0. The highest BCUT2D eigenvalue weighted by atomic mass is 16.3. The van der Waals surface area contributed by atoms with E-state index in [1.807, 2.05) is 12.1 Å². The minimum Gasteiger partial charge on any atom is -0.507 e. The van der Waals surface area contributed by atoms with Gasteiger partial charge < -0.3 is 5.11 Å². The molecule has 0 unspecified atom stereocenters. The molecule has 1 N–H and O–H groups in total. The monoisotopic (exact) mass is 220 g/mol. The second-order valence-electron chi connectivity index (χ2n) is 4.75. The van der Waals surface area contributed by atoms with Gasteiger partial charge in [-0.1, -0.05) is 36.4 Å². The first kappa shape index (κ1) is 9.06. The van der Waals surface area contributed by atoms with E-state index in [9.17, 15) is 5.11 Å². The number of hydrogen-bond acceptors (Lipinski definition) is 1. The van der Waals surface area contributed by atoms with E-state index < -0.39 is 0 Å². The number of hydrogen-bond donors (Lipinski definition) is 1. The summed E-state index contributed by atoms with van der Waals surface area (Å²) in [7, 11) is 0. The normalized spacial score (nSPS) is 13.6. The molecule has 0 atom stereocenters. The van der Waals surface area contributed by atoms with Crippen LogP contribution in [0.4, 0.5) is 0 Å². The van der Waals surface area contributed by atoms with Gasteiger partial charge >= 0.3 is 0 Å². The van der Waals surface area contributed by atoms with Gasteiger partial charge in [-0.3, -0.25) is 0 Å². The Bertz CT molecular complexity index is 756. The fourth-order valence-electron chi connectivity index (χ4n) is 3.06. The fourth-order valence-corrected chi connectivity index (χ4v) is 3.06. The van der Waals surface area contributed by atoms with Crippen LogP contribution in [0.1, 0.15) is 11.1 Å². The first-order chi connectivity index (χ1) is 8.34. The summed E-state index contributed by atoms with van der Waals surface area (Å²) in [5.41, 5.74) is 2.75. The number of phenolic OH excluding ortho intramolecular Hbond substituents is 1. The van der Waals surface area contributed by atoms with E-state index in [0.717, 1.165) is 23.6 Å². The predicted octanol–water partition coefficient (Wildman–Crippen LogP) is 3.80. The SMILES string of the molecule is Oc1ccc2c3c(cc4ccccc4c13)CC2. The minimum atomic E-state index is 0.406. The molecule has 0 spiro atoms. The average molecular weight is 220 g/mol. The lowest BCUT2D eigenvalue weighted by molar-refractivity contribution is 0.482. The first-order valence-electron chi connectivity index (χ1n) is 6.00. The van der Waals surface area contributed by atoms with Crippen LogP contribution in [0.15, 0.2) is 42.5 Å². The average Bonchev–Trinajstić information content (AvgIpc) is 2.76. The summed E-state index contributed by atoms with van der Waals surface area (Å²) in [5, 5.41) is 14.8. The van der Waals surface area contributed by atoms with Crippen LogP contribution in [0.25, 0.3) is 21.5 Å². The number of aromatic hydroxyl groups is 1. The van der Waals surface area contributed by atoms with Gasteiger partial charge in [-0.25, -0.2) is 0 Å². The van der Waals surface area contributed by atoms with Crippen LogP contribution >= 0.6 is 0 Å². The van der Waals surface area contributed by atoms with E-state index in [0.29, 0.717) is 5.75 Å². The molecule has 0 saturated carbocycles. The quantitative estimate of drug-likeness (QED) is 0.571. The largest absolute Gasteiger partial charge is 0.507 e. The first-order valence-corrected chi connectivity index (χ1v) is 6.00. The van der Waals surface area contributed by atoms with Crippen LogP contribution in [0, 0.1) is 0 Å². The van der Waals surface area contributed by atoms with E-state index >= 15 is 0 Å². The van der Waals surface area contributed by atoms with Crippen LogP contribution in [0.5, 0.6) is 5.75 Å². The Morgan fingerprint density at radius 2 is 1.65 bits per heavy atom. The van der Waals surface area contributed by atoms with Crippen LogP contribution in [-0.4, -0.2) is 5.11 Å². The molecule has 4 rings (SSSR count). The van der Waals surface area contributed by atoms with Gasteiger partial charge in [0.25, 0.3) is 0 Å². The molecule has 1 heteroatoms. The van der Waals surface area contributed by atoms with Crippen molar-refractivity contribution in [2.75, 3.05) is 0 Å². The molecule has 0 heterocycles. The van der Waals surface area contributed by atoms with Crippen molar-refractivity contribution >= 4 is 21.5 Å². The van der Waals surface area contributed by atoms with E-state index in [2.05, 4.69) is 30.3 Å². The topological polar surface area (TPSA) is 20.2 Å². The minimum absolute atomic E-state index is 0.406. The Hall–Kier alpha value is -2.02. The maximum Gasteiger partial charge on any atom is 0.124 e. The maximum atomic E-state index is 10.1. The van der Waals surface area contributed by atoms with Gasteiger partial charge in [-0.2, -0.15) is 0 Å². The molecule has 1 aliphatic rings. The second kappa shape index (κ2) is 3.01. The van der Waals surface area contributed by atoms with E-state index in [4.69, 9.17) is 0 Å². The highest BCUT2D eigenvalue weighted by molar-refractivity contribution is 6.13. The van der Waals surface area contributed by atoms with E-state index in [-0.39, 0.29) is 0 Å². The molecule has 0 amide bonds. The zero-order valence-corrected chi connectivity index (χ0v) is 9.40. The van der Waals surface area contributed by atoms with Gasteiger partial charge in [0, 0.05) is 5.39 Å². The summed E-state index contributed by atoms with van der Waals surface area (Å²) >= 11 is 0. The molecule has 82 valence electrons. The summed E-state index contributed by atoms with van der Waals surface area (Å²) in [5.74, 6) is 0.406. The zero-order valence-electron chi connectivity index (χ0n) is 9.40. The molecule has 0 saturated heterocycles. The zero-order chi connectivity index (χ0) is 11.4. The molecular formula is C16H12O. The van der Waals surface area contributed by atoms with E-state index in [1.165, 1.54) is 21.9 Å². The lowest BCUT2D eigenvalue weighted by Crippen LogP contribution is -1.83. The molecule has 0 fully saturated rings. The highest BCUT2D eigenvalue weighted by Crippen LogP contribution is 2.40. The summed E-state index contributed by atoms with van der Waals surface area (Å²) in [6.07, 6.45) is 2.20. The van der Waals surface area contributed by atoms with Crippen molar-refractivity contribution in [2.24, 2.45) is 0 Å². The molecular weight excluding hydrogens is 208 g/mol. The van der Waals surface area contributed by atoms with Gasteiger partial charge in [-0.15, -0.1) is 0 Å². The molecule has 0 radical (unpaired) electrons. The summed E-state index contributed by atoms with van der Waals surface area (Å²) in [6, 6.07) is 14.5. The maximum absolute atomic E-state index is 10.1. The molecule has 3 aromatic carbocycles. The third-order valence-electron chi connectivity index (χ3n) is 3.81. The summed E-state index contributed by atoms with van der Waals surface area (Å²) < 4.78 is 0. The van der Waals surface area contributed by atoms with Crippen molar-refractivity contribution in [2.45, 2.75) is 12.8 Å². The Labute approximate surface area is 99.3 Å². The smallest absolute Gasteiger partial charge is 0.124 e. The highest BCUT2D eigenvalue weighted by Gasteiger charge is 2.18. The van der Waals surface area contributed by atoms with Gasteiger partial charge in [0.05, 0.1) is 0 Å². The molecule has 0 aromatic heterocycles. The van der Waals surface area contributed by atoms with Crippen molar-refractivity contribution in [3.8, 4) is 5.75 Å². The predicted molar refractivity (Wildman–Crippen MR) is 70.5 cm³/mol. The lowest BCUT2D eigenvalue weighted by Gasteiger charge is -2.08. The fraction of sp³-hybridized carbons (Fsp3) is 0.125. The number of fused-ring (bicyclic) bond motifs is 2. The molecule has 0 aliphatic heterocycles. The van der Waals surface area contributed by atoms with Crippen molar-refractivity contribution in [1.82, 2.24) is 0 Å². The number of rotatable bonds is 0. The third-order valence-corrected chi connectivity index (χ3v) is 3.81. The van der Waals surface area contributed by atoms with Crippen LogP contribution in [-0.2, 0) is 12.8 Å². The van der Waals surface area contributed by atoms with Crippen LogP contribution < -0.4 is 0 Å². The molecule has 0 bridgehead atoms. The second-order valence-corrected chi connectivity index (χ2v) is 4.75. The number of phenols is 1. The van der Waals surface area contributed by atoms with Crippen molar-refractivity contribution < 1.29 is 5.11 Å². The van der Waals surface area contributed by atoms with Gasteiger partial charge in [0.2, 0.25) is 0 Å². The Kier molecular flexibility index (Phi) is 1.60. The van der Waals surface area contributed by atoms with Crippen molar-refractivity contribution in [3.63, 3.8) is 0 Å². The molecule has 17 heavy (non-hydrogen) atoms. The van der Waals surface area contributed by atoms with Crippen LogP contribution in [0.2, 0.25) is 0 Å². The Morgan fingerprint density at radius 1 is 0.824 bits per heavy atom. The Balaban J connectivity index is 2.38. The standard InChI is InChI=1S/C16H12O/c17-14-8-7-10-5-6-12-9-11-3-1-2-4-13(11)16(14)15(10)12/h1-4,7-9,17H,5-6H2. The summed E-state index contributed by atoms with van der Waals surface area (Å²) in [6.45, 7) is 0. The van der Waals surface area contributed by atoms with Gasteiger partial charge in [0.15, 0.2) is 0 Å². The number of benzene rings is 3. The number of aryl methyl sites for hydroxylation is 2. The van der Waals surface area contributed by atoms with Crippen molar-refractivity contribution in [1.29, 1.82) is 0 Å². The molecule has 1 aliphatic carbocycles. The van der Waals surface area contributed by atoms with E-state index in [1.54, 1.807) is 0 Å². The van der Waals surface area contributed by atoms with Gasteiger partial charge in [-0.05, 0) is 46.2 Å².